The maximum Gasteiger partial charge on any atom is 0.418 e. The van der Waals surface area contributed by atoms with Gasteiger partial charge in [0, 0.05) is 68.7 Å². The molecule has 1 aliphatic heterocycles. The number of aryl methyl sites for hydroxylation is 1. The Hall–Kier alpha value is -4.99. The summed E-state index contributed by atoms with van der Waals surface area (Å²) < 4.78 is 68.2. The van der Waals surface area contributed by atoms with Gasteiger partial charge in [0.2, 0.25) is 11.8 Å². The van der Waals surface area contributed by atoms with Gasteiger partial charge in [-0.15, -0.1) is 0 Å². The molecule has 0 radical (unpaired) electrons. The van der Waals surface area contributed by atoms with Crippen LogP contribution in [0.3, 0.4) is 0 Å². The molecule has 52 heavy (non-hydrogen) atoms. The van der Waals surface area contributed by atoms with E-state index in [1.165, 1.54) is 28.4 Å². The number of rotatable bonds is 14. The van der Waals surface area contributed by atoms with Gasteiger partial charge in [0.25, 0.3) is 0 Å². The molecular weight excluding hydrogens is 681 g/mol. The lowest BCUT2D eigenvalue weighted by molar-refractivity contribution is -0.137. The first-order chi connectivity index (χ1) is 25.1. The van der Waals surface area contributed by atoms with Crippen LogP contribution < -0.4 is 15.3 Å². The molecule has 3 aromatic heterocycles. The highest BCUT2D eigenvalue weighted by Crippen LogP contribution is 2.39. The summed E-state index contributed by atoms with van der Waals surface area (Å²) in [6.45, 7) is 5.48. The van der Waals surface area contributed by atoms with Crippen LogP contribution in [-0.4, -0.2) is 103 Å². The van der Waals surface area contributed by atoms with E-state index in [2.05, 4.69) is 9.97 Å². The van der Waals surface area contributed by atoms with Gasteiger partial charge in [-0.3, -0.25) is 18.9 Å². The second kappa shape index (κ2) is 16.1. The van der Waals surface area contributed by atoms with Crippen molar-refractivity contribution in [1.29, 1.82) is 0 Å². The number of carbonyl (C=O) groups is 1. The van der Waals surface area contributed by atoms with Crippen LogP contribution in [-0.2, 0) is 32.2 Å². The highest BCUT2D eigenvalue weighted by Gasteiger charge is 2.36. The zero-order chi connectivity index (χ0) is 36.8. The molecule has 0 unspecified atom stereocenters. The number of hydrogen-bond donors (Lipinski definition) is 0. The number of hydrogen-bond acceptors (Lipinski definition) is 9. The molecule has 4 heterocycles. The van der Waals surface area contributed by atoms with E-state index in [0.29, 0.717) is 60.9 Å². The van der Waals surface area contributed by atoms with Crippen LogP contribution in [0.25, 0.3) is 38.8 Å². The molecule has 1 aliphatic rings. The van der Waals surface area contributed by atoms with E-state index in [9.17, 15) is 22.8 Å². The summed E-state index contributed by atoms with van der Waals surface area (Å²) in [7, 11) is 3.09. The predicted molar refractivity (Wildman–Crippen MR) is 190 cm³/mol. The third-order valence-electron chi connectivity index (χ3n) is 9.09. The van der Waals surface area contributed by atoms with E-state index in [1.54, 1.807) is 41.4 Å². The summed E-state index contributed by atoms with van der Waals surface area (Å²) >= 11 is 0. The lowest BCUT2D eigenvalue weighted by Gasteiger charge is -2.37. The summed E-state index contributed by atoms with van der Waals surface area (Å²) in [5.41, 5.74) is 1.75. The van der Waals surface area contributed by atoms with E-state index in [0.717, 1.165) is 17.2 Å². The van der Waals surface area contributed by atoms with Gasteiger partial charge < -0.3 is 28.7 Å². The highest BCUT2D eigenvalue weighted by molar-refractivity contribution is 6.04. The Kier molecular flexibility index (Phi) is 11.4. The van der Waals surface area contributed by atoms with E-state index in [-0.39, 0.29) is 56.5 Å². The zero-order valence-corrected chi connectivity index (χ0v) is 29.3. The van der Waals surface area contributed by atoms with Crippen LogP contribution in [0.15, 0.2) is 65.7 Å². The number of imidazole rings is 1. The van der Waals surface area contributed by atoms with Crippen LogP contribution in [0, 0.1) is 0 Å². The van der Waals surface area contributed by atoms with E-state index < -0.39 is 17.4 Å². The van der Waals surface area contributed by atoms with Gasteiger partial charge in [-0.25, -0.2) is 9.78 Å². The summed E-state index contributed by atoms with van der Waals surface area (Å²) in [6, 6.07) is 13.1. The van der Waals surface area contributed by atoms with Crippen molar-refractivity contribution >= 4 is 33.5 Å². The van der Waals surface area contributed by atoms with Gasteiger partial charge in [-0.05, 0) is 48.9 Å². The smallest absolute Gasteiger partial charge is 0.418 e. The molecule has 1 fully saturated rings. The summed E-state index contributed by atoms with van der Waals surface area (Å²) in [4.78, 5) is 38.6. The maximum atomic E-state index is 14.7. The summed E-state index contributed by atoms with van der Waals surface area (Å²) in [6.07, 6.45) is -1.33. The highest BCUT2D eigenvalue weighted by atomic mass is 19.4. The lowest BCUT2D eigenvalue weighted by Crippen LogP contribution is -2.49. The standard InChI is InChI=1S/C37H41F3N6O6/c1-4-50-17-18-52-20-19-51-16-11-34(47)45-14-12-44(13-15-45)31-9-7-27(22-29(31)37(38,39)40)46-35-28-21-25(26-6-10-33(49-3)42-23-26)5-8-30(28)41-24-32(35)43(2)36(46)48/h5-10,21-24H,4,11-20H2,1-3H3. The van der Waals surface area contributed by atoms with Crippen molar-refractivity contribution in [2.45, 2.75) is 19.5 Å². The monoisotopic (exact) mass is 722 g/mol. The number of anilines is 1. The summed E-state index contributed by atoms with van der Waals surface area (Å²) in [5.74, 6) is 0.337. The van der Waals surface area contributed by atoms with Crippen molar-refractivity contribution in [2.75, 3.05) is 77.8 Å². The fraction of sp³-hybridized carbons (Fsp3) is 0.405. The van der Waals surface area contributed by atoms with Gasteiger partial charge in [-0.1, -0.05) is 6.07 Å². The number of halogens is 3. The van der Waals surface area contributed by atoms with Crippen molar-refractivity contribution in [3.05, 3.63) is 77.0 Å². The number of alkyl halides is 3. The molecule has 0 spiro atoms. The molecule has 276 valence electrons. The lowest BCUT2D eigenvalue weighted by atomic mass is 10.0. The number of carbonyl (C=O) groups excluding carboxylic acids is 1. The molecule has 2 aromatic carbocycles. The molecular formula is C37H41F3N6O6. The van der Waals surface area contributed by atoms with Crippen molar-refractivity contribution in [3.63, 3.8) is 0 Å². The Bertz CT molecular complexity index is 2070. The molecule has 0 atom stereocenters. The molecule has 12 nitrogen and oxygen atoms in total. The number of pyridine rings is 2. The van der Waals surface area contributed by atoms with E-state index in [1.807, 2.05) is 25.1 Å². The molecule has 5 aromatic rings. The minimum atomic E-state index is -4.71. The normalized spacial score (nSPS) is 13.7. The van der Waals surface area contributed by atoms with Crippen molar-refractivity contribution in [1.82, 2.24) is 24.0 Å². The van der Waals surface area contributed by atoms with Gasteiger partial charge in [0.1, 0.15) is 0 Å². The molecule has 1 saturated heterocycles. The topological polar surface area (TPSA) is 113 Å². The first-order valence-electron chi connectivity index (χ1n) is 17.1. The van der Waals surface area contributed by atoms with Crippen LogP contribution in [0.5, 0.6) is 5.88 Å². The zero-order valence-electron chi connectivity index (χ0n) is 29.3. The third-order valence-corrected chi connectivity index (χ3v) is 9.09. The molecule has 0 bridgehead atoms. The number of amides is 1. The number of benzene rings is 2. The Balaban J connectivity index is 1.22. The number of ether oxygens (including phenoxy) is 4. The predicted octanol–water partition coefficient (Wildman–Crippen LogP) is 5.08. The molecule has 6 rings (SSSR count). The SMILES string of the molecule is CCOCCOCCOCCC(=O)N1CCN(c2ccc(-n3c(=O)n(C)c4cnc5ccc(-c6ccc(OC)nc6)cc5c43)cc2C(F)(F)F)CC1. The Morgan fingerprint density at radius 2 is 1.56 bits per heavy atom. The first-order valence-corrected chi connectivity index (χ1v) is 17.1. The maximum absolute atomic E-state index is 14.7. The van der Waals surface area contributed by atoms with E-state index in [4.69, 9.17) is 18.9 Å². The quantitative estimate of drug-likeness (QED) is 0.145. The fourth-order valence-corrected chi connectivity index (χ4v) is 6.35. The van der Waals surface area contributed by atoms with Crippen LogP contribution in [0.2, 0.25) is 0 Å². The average Bonchev–Trinajstić information content (AvgIpc) is 3.42. The average molecular weight is 723 g/mol. The number of piperazine rings is 1. The number of fused-ring (bicyclic) bond motifs is 3. The van der Waals surface area contributed by atoms with Gasteiger partial charge in [0.05, 0.1) is 80.6 Å². The first kappa shape index (κ1) is 36.8. The number of aromatic nitrogens is 4. The second-order valence-electron chi connectivity index (χ2n) is 12.2. The van der Waals surface area contributed by atoms with Crippen molar-refractivity contribution < 1.29 is 36.9 Å². The minimum Gasteiger partial charge on any atom is -0.481 e. The van der Waals surface area contributed by atoms with Crippen molar-refractivity contribution in [3.8, 4) is 22.7 Å². The number of nitrogens with zero attached hydrogens (tertiary/aromatic N) is 6. The van der Waals surface area contributed by atoms with Gasteiger partial charge >= 0.3 is 11.9 Å². The van der Waals surface area contributed by atoms with Gasteiger partial charge in [-0.2, -0.15) is 13.2 Å². The van der Waals surface area contributed by atoms with Gasteiger partial charge in [0.15, 0.2) is 0 Å². The fourth-order valence-electron chi connectivity index (χ4n) is 6.35. The molecule has 1 amide bonds. The van der Waals surface area contributed by atoms with Crippen molar-refractivity contribution in [2.24, 2.45) is 7.05 Å². The van der Waals surface area contributed by atoms with Crippen LogP contribution >= 0.6 is 0 Å². The second-order valence-corrected chi connectivity index (χ2v) is 12.2. The molecule has 0 N–H and O–H groups in total. The largest absolute Gasteiger partial charge is 0.481 e. The Labute approximate surface area is 298 Å². The number of methoxy groups -OCH3 is 1. The molecule has 0 saturated carbocycles. The third kappa shape index (κ3) is 7.91. The van der Waals surface area contributed by atoms with Crippen LogP contribution in [0.4, 0.5) is 18.9 Å². The van der Waals surface area contributed by atoms with Crippen LogP contribution in [0.1, 0.15) is 18.9 Å². The minimum absolute atomic E-state index is 0.00915. The molecule has 0 aliphatic carbocycles. The Morgan fingerprint density at radius 1 is 0.846 bits per heavy atom. The summed E-state index contributed by atoms with van der Waals surface area (Å²) in [5, 5.41) is 0.596. The van der Waals surface area contributed by atoms with E-state index >= 15 is 0 Å². The Morgan fingerprint density at radius 3 is 2.23 bits per heavy atom. The molecule has 15 heteroatoms.